The second-order valence-corrected chi connectivity index (χ2v) is 22.4. The normalized spacial score (nSPS) is 13.9. The number of anilines is 4. The number of hydrogen-bond acceptors (Lipinski definition) is 10. The van der Waals surface area contributed by atoms with Crippen LogP contribution in [0, 0.1) is 12.7 Å². The molecule has 1 aromatic heterocycles. The summed E-state index contributed by atoms with van der Waals surface area (Å²) in [6.45, 7) is 9.38. The first-order valence-electron chi connectivity index (χ1n) is 22.9. The number of sulfone groups is 1. The van der Waals surface area contributed by atoms with E-state index in [4.69, 9.17) is 11.6 Å². The van der Waals surface area contributed by atoms with Crippen molar-refractivity contribution in [2.75, 3.05) is 71.9 Å². The number of nitrogens with one attached hydrogen (secondary N) is 2. The third kappa shape index (κ3) is 12.3. The Morgan fingerprint density at radius 3 is 2.08 bits per heavy atom. The number of hydrogen-bond donors (Lipinski definition) is 3. The Hall–Kier alpha value is -5.73. The van der Waals surface area contributed by atoms with Crippen LogP contribution in [0.4, 0.5) is 40.3 Å². The van der Waals surface area contributed by atoms with Gasteiger partial charge in [0.25, 0.3) is 19.9 Å². The molecule has 0 saturated carbocycles. The zero-order chi connectivity index (χ0) is 51.3. The van der Waals surface area contributed by atoms with E-state index < -0.39 is 53.0 Å². The van der Waals surface area contributed by atoms with E-state index in [1.165, 1.54) is 36.0 Å². The van der Waals surface area contributed by atoms with Crippen molar-refractivity contribution in [3.63, 3.8) is 0 Å². The number of aromatic nitrogens is 1. The smallest absolute Gasteiger partial charge is 0.478 e. The van der Waals surface area contributed by atoms with Gasteiger partial charge in [-0.1, -0.05) is 48.9 Å². The third-order valence-electron chi connectivity index (χ3n) is 12.3. The average molecular weight is 1060 g/mol. The molecule has 71 heavy (non-hydrogen) atoms. The molecule has 0 spiro atoms. The Morgan fingerprint density at radius 2 is 1.48 bits per heavy atom. The monoisotopic (exact) mass is 1050 g/mol. The quantitative estimate of drug-likeness (QED) is 0.0496. The summed E-state index contributed by atoms with van der Waals surface area (Å²) in [5, 5.41) is 13.9. The van der Waals surface area contributed by atoms with Crippen LogP contribution < -0.4 is 19.8 Å². The number of aromatic carboxylic acids is 1. The zero-order valence-corrected chi connectivity index (χ0v) is 42.7. The van der Waals surface area contributed by atoms with Crippen LogP contribution in [-0.2, 0) is 26.4 Å². The standard InChI is InChI=1S/C51H55ClF4N6O6S3/c1-5-23-59(4)24-22-40(33-69-43-10-8-7-9-11-43)57-45-21-20-44(32-46(45)70(65,66)51(54,55)56)71(67,68)58-39-16-18-41(19-17-39)60-25-27-61(28-26-60)42-30-36(29-38(53)31-42)48-47(50(63)64)34(3)62(6-2)49(48)35-12-14-37(52)15-13-35/h7-21,29-32,40,57-58H,5-6,22-28,33H2,1-4H3,(H,63,64)/t40-/m1/s1. The summed E-state index contributed by atoms with van der Waals surface area (Å²) < 4.78 is 116. The number of carboxylic acid groups (broad SMARTS) is 1. The molecular weight excluding hydrogens is 1000 g/mol. The Labute approximate surface area is 421 Å². The predicted molar refractivity (Wildman–Crippen MR) is 276 cm³/mol. The highest BCUT2D eigenvalue weighted by molar-refractivity contribution is 7.99. The fourth-order valence-electron chi connectivity index (χ4n) is 8.80. The largest absolute Gasteiger partial charge is 0.501 e. The van der Waals surface area contributed by atoms with Gasteiger partial charge in [0.2, 0.25) is 0 Å². The summed E-state index contributed by atoms with van der Waals surface area (Å²) in [7, 11) is -8.70. The van der Waals surface area contributed by atoms with Crippen LogP contribution in [0.25, 0.3) is 22.4 Å². The van der Waals surface area contributed by atoms with Crippen LogP contribution in [0.2, 0.25) is 5.02 Å². The summed E-state index contributed by atoms with van der Waals surface area (Å²) in [6, 6.07) is 29.5. The van der Waals surface area contributed by atoms with Gasteiger partial charge in [0.05, 0.1) is 21.8 Å². The maximum atomic E-state index is 15.6. The van der Waals surface area contributed by atoms with E-state index in [0.29, 0.717) is 90.7 Å². The number of rotatable bonds is 20. The van der Waals surface area contributed by atoms with E-state index in [1.54, 1.807) is 49.4 Å². The molecule has 0 aliphatic carbocycles. The van der Waals surface area contributed by atoms with Crippen LogP contribution in [-0.4, -0.2) is 101 Å². The molecule has 0 amide bonds. The van der Waals surface area contributed by atoms with Crippen LogP contribution in [0.15, 0.2) is 130 Å². The molecule has 1 saturated heterocycles. The van der Waals surface area contributed by atoms with E-state index in [0.717, 1.165) is 41.2 Å². The number of carboxylic acids is 1. The molecule has 1 fully saturated rings. The third-order valence-corrected chi connectivity index (χ3v) is 16.7. The molecule has 6 aromatic rings. The maximum absolute atomic E-state index is 15.6. The molecule has 1 atom stereocenters. The molecule has 0 bridgehead atoms. The number of carbonyl (C=O) groups is 1. The second-order valence-electron chi connectivity index (χ2n) is 17.2. The number of alkyl halides is 3. The van der Waals surface area contributed by atoms with Gasteiger partial charge in [-0.05, 0) is 143 Å². The first-order valence-corrected chi connectivity index (χ1v) is 27.3. The molecule has 0 radical (unpaired) electrons. The summed E-state index contributed by atoms with van der Waals surface area (Å²) in [6.07, 6.45) is 1.35. The molecule has 12 nitrogen and oxygen atoms in total. The highest BCUT2D eigenvalue weighted by Gasteiger charge is 2.48. The number of nitrogens with zero attached hydrogens (tertiary/aromatic N) is 4. The van der Waals surface area contributed by atoms with E-state index in [9.17, 15) is 39.9 Å². The topological polar surface area (TPSA) is 144 Å². The lowest BCUT2D eigenvalue weighted by Gasteiger charge is -2.37. The number of sulfonamides is 1. The maximum Gasteiger partial charge on any atom is 0.501 e. The molecule has 20 heteroatoms. The van der Waals surface area contributed by atoms with Crippen LogP contribution in [0.5, 0.6) is 0 Å². The molecule has 2 heterocycles. The fourth-order valence-corrected chi connectivity index (χ4v) is 12.0. The van der Waals surface area contributed by atoms with Crippen LogP contribution in [0.3, 0.4) is 0 Å². The van der Waals surface area contributed by atoms with E-state index in [2.05, 4.69) is 14.9 Å². The summed E-state index contributed by atoms with van der Waals surface area (Å²) in [5.41, 5.74) is -1.91. The van der Waals surface area contributed by atoms with Gasteiger partial charge in [0.1, 0.15) is 10.7 Å². The van der Waals surface area contributed by atoms with Gasteiger partial charge in [-0.3, -0.25) is 4.72 Å². The molecule has 0 unspecified atom stereocenters. The van der Waals surface area contributed by atoms with Crippen molar-refractivity contribution in [2.45, 2.75) is 66.4 Å². The van der Waals surface area contributed by atoms with Crippen molar-refractivity contribution in [1.29, 1.82) is 0 Å². The highest BCUT2D eigenvalue weighted by atomic mass is 35.5. The fraction of sp³-hybridized carbons (Fsp3) is 0.314. The predicted octanol–water partition coefficient (Wildman–Crippen LogP) is 11.4. The Morgan fingerprint density at radius 1 is 0.831 bits per heavy atom. The Kier molecular flexibility index (Phi) is 16.7. The van der Waals surface area contributed by atoms with Gasteiger partial charge in [-0.2, -0.15) is 13.2 Å². The van der Waals surface area contributed by atoms with Crippen molar-refractivity contribution >= 4 is 71.9 Å². The Balaban J connectivity index is 1.07. The lowest BCUT2D eigenvalue weighted by molar-refractivity contribution is -0.0435. The second kappa shape index (κ2) is 22.4. The molecule has 7 rings (SSSR count). The van der Waals surface area contributed by atoms with E-state index in [1.807, 2.05) is 65.6 Å². The number of benzene rings is 5. The first kappa shape index (κ1) is 53.1. The van der Waals surface area contributed by atoms with Crippen molar-refractivity contribution < 1.29 is 44.3 Å². The van der Waals surface area contributed by atoms with Gasteiger partial charge in [-0.15, -0.1) is 11.8 Å². The highest BCUT2D eigenvalue weighted by Crippen LogP contribution is 2.42. The lowest BCUT2D eigenvalue weighted by atomic mass is 9.96. The molecule has 378 valence electrons. The van der Waals surface area contributed by atoms with E-state index in [-0.39, 0.29) is 16.9 Å². The molecule has 1 aliphatic rings. The number of piperazine rings is 1. The van der Waals surface area contributed by atoms with Gasteiger partial charge >= 0.3 is 11.5 Å². The minimum absolute atomic E-state index is 0.0771. The Bertz CT molecular complexity index is 3060. The van der Waals surface area contributed by atoms with Crippen LogP contribution >= 0.6 is 23.4 Å². The summed E-state index contributed by atoms with van der Waals surface area (Å²) >= 11 is 7.65. The first-order chi connectivity index (χ1) is 33.7. The number of thioether (sulfide) groups is 1. The van der Waals surface area contributed by atoms with Gasteiger partial charge < -0.3 is 29.7 Å². The average Bonchev–Trinajstić information content (AvgIpc) is 3.64. The van der Waals surface area contributed by atoms with Gasteiger partial charge in [0, 0.05) is 82.8 Å². The van der Waals surface area contributed by atoms with Gasteiger partial charge in [0.15, 0.2) is 0 Å². The lowest BCUT2D eigenvalue weighted by Crippen LogP contribution is -2.46. The minimum atomic E-state index is -6.02. The van der Waals surface area contributed by atoms with Gasteiger partial charge in [-0.25, -0.2) is 26.0 Å². The van der Waals surface area contributed by atoms with Crippen LogP contribution in [0.1, 0.15) is 42.7 Å². The van der Waals surface area contributed by atoms with Crippen molar-refractivity contribution in [1.82, 2.24) is 9.47 Å². The molecule has 1 aliphatic heterocycles. The zero-order valence-electron chi connectivity index (χ0n) is 39.5. The molecule has 3 N–H and O–H groups in total. The summed E-state index contributed by atoms with van der Waals surface area (Å²) in [4.78, 5) is 17.9. The molecular formula is C51H55ClF4N6O6S3. The minimum Gasteiger partial charge on any atom is -0.478 e. The number of halogens is 5. The van der Waals surface area contributed by atoms with E-state index >= 15 is 4.39 Å². The molecule has 5 aromatic carbocycles. The van der Waals surface area contributed by atoms with Crippen molar-refractivity contribution in [2.24, 2.45) is 0 Å². The summed E-state index contributed by atoms with van der Waals surface area (Å²) in [5.74, 6) is -1.28. The SMILES string of the molecule is CCCN(C)CC[C@H](CSc1ccccc1)Nc1ccc(S(=O)(=O)Nc2ccc(N3CCN(c4cc(F)cc(-c5c(C(=O)O)c(C)n(CC)c5-c5ccc(Cl)cc5)c4)CC3)cc2)cc1S(=O)(=O)C(F)(F)F. The van der Waals surface area contributed by atoms with Crippen molar-refractivity contribution in [3.05, 3.63) is 137 Å². The van der Waals surface area contributed by atoms with Crippen molar-refractivity contribution in [3.8, 4) is 22.4 Å².